The van der Waals surface area contributed by atoms with Gasteiger partial charge in [0, 0.05) is 17.6 Å². The van der Waals surface area contributed by atoms with E-state index in [9.17, 15) is 8.42 Å². The summed E-state index contributed by atoms with van der Waals surface area (Å²) in [6, 6.07) is 7.01. The van der Waals surface area contributed by atoms with Crippen molar-refractivity contribution in [3.63, 3.8) is 0 Å². The van der Waals surface area contributed by atoms with Crippen LogP contribution < -0.4 is 14.8 Å². The van der Waals surface area contributed by atoms with E-state index in [-0.39, 0.29) is 4.21 Å². The van der Waals surface area contributed by atoms with E-state index in [1.54, 1.807) is 18.6 Å². The van der Waals surface area contributed by atoms with Crippen molar-refractivity contribution in [2.24, 2.45) is 0 Å². The topological polar surface area (TPSA) is 72.6 Å². The first-order valence-electron chi connectivity index (χ1n) is 6.56. The quantitative estimate of drug-likeness (QED) is 0.941. The fourth-order valence-electron chi connectivity index (χ4n) is 2.49. The molecular formula is C14H16N2O3S2. The number of sulfonamides is 1. The Hall–Kier alpha value is -1.73. The molecule has 1 aromatic carbocycles. The van der Waals surface area contributed by atoms with Gasteiger partial charge in [-0.25, -0.2) is 8.42 Å². The van der Waals surface area contributed by atoms with Gasteiger partial charge in [0.15, 0.2) is 0 Å². The van der Waals surface area contributed by atoms with E-state index in [1.807, 2.05) is 12.1 Å². The van der Waals surface area contributed by atoms with Crippen LogP contribution in [0.3, 0.4) is 0 Å². The molecule has 112 valence electrons. The Bertz CT molecular complexity index is 768. The highest BCUT2D eigenvalue weighted by molar-refractivity contribution is 7.94. The molecule has 0 bridgehead atoms. The van der Waals surface area contributed by atoms with Crippen LogP contribution in [0.15, 0.2) is 33.9 Å². The summed E-state index contributed by atoms with van der Waals surface area (Å²) in [5, 5.41) is 1.64. The number of methoxy groups -OCH3 is 1. The molecule has 5 nitrogen and oxygen atoms in total. The lowest BCUT2D eigenvalue weighted by Gasteiger charge is -2.30. The van der Waals surface area contributed by atoms with Crippen molar-refractivity contribution in [3.05, 3.63) is 35.2 Å². The molecule has 3 rings (SSSR count). The molecule has 0 amide bonds. The minimum atomic E-state index is -3.54. The zero-order valence-electron chi connectivity index (χ0n) is 11.6. The monoisotopic (exact) mass is 324 g/mol. The van der Waals surface area contributed by atoms with Gasteiger partial charge in [-0.2, -0.15) is 0 Å². The predicted molar refractivity (Wildman–Crippen MR) is 84.6 cm³/mol. The molecule has 0 unspecified atom stereocenters. The van der Waals surface area contributed by atoms with Crippen molar-refractivity contribution < 1.29 is 13.2 Å². The molecule has 7 heteroatoms. The molecule has 1 aromatic heterocycles. The first-order chi connectivity index (χ1) is 10.0. The Balaban J connectivity index is 2.06. The van der Waals surface area contributed by atoms with Crippen LogP contribution in [0.1, 0.15) is 12.0 Å². The van der Waals surface area contributed by atoms with Gasteiger partial charge in [0.1, 0.15) is 9.96 Å². The van der Waals surface area contributed by atoms with Crippen LogP contribution in [-0.4, -0.2) is 22.1 Å². The second-order valence-electron chi connectivity index (χ2n) is 4.87. The molecule has 0 saturated carbocycles. The number of aryl methyl sites for hydroxylation is 1. The van der Waals surface area contributed by atoms with Gasteiger partial charge in [0.05, 0.1) is 12.8 Å². The van der Waals surface area contributed by atoms with Crippen molar-refractivity contribution in [2.45, 2.75) is 17.1 Å². The van der Waals surface area contributed by atoms with Gasteiger partial charge in [-0.1, -0.05) is 0 Å². The van der Waals surface area contributed by atoms with Crippen molar-refractivity contribution in [1.29, 1.82) is 0 Å². The summed E-state index contributed by atoms with van der Waals surface area (Å²) >= 11 is 1.15. The lowest BCUT2D eigenvalue weighted by molar-refractivity contribution is 0.414. The standard InChI is InChI=1S/C14H16N2O3S2/c1-19-12-4-5-13-10(7-12)3-2-6-16(13)21(17,18)14-8-11(15)9-20-14/h4-5,7-9H,2-3,6,15H2,1H3. The lowest BCUT2D eigenvalue weighted by Crippen LogP contribution is -2.35. The van der Waals surface area contributed by atoms with Gasteiger partial charge in [-0.3, -0.25) is 4.31 Å². The van der Waals surface area contributed by atoms with E-state index in [0.717, 1.165) is 41.2 Å². The first kappa shape index (κ1) is 14.2. The number of hydrogen-bond acceptors (Lipinski definition) is 5. The number of nitrogens with zero attached hydrogens (tertiary/aromatic N) is 1. The average Bonchev–Trinajstić information content (AvgIpc) is 2.93. The Morgan fingerprint density at radius 1 is 1.33 bits per heavy atom. The van der Waals surface area contributed by atoms with E-state index in [2.05, 4.69) is 0 Å². The average molecular weight is 324 g/mol. The Kier molecular flexibility index (Phi) is 3.54. The number of thiophene rings is 1. The number of nitrogens with two attached hydrogens (primary N) is 1. The molecule has 1 aliphatic heterocycles. The van der Waals surface area contributed by atoms with E-state index in [1.165, 1.54) is 10.4 Å². The molecule has 0 spiro atoms. The number of fused-ring (bicyclic) bond motifs is 1. The zero-order valence-corrected chi connectivity index (χ0v) is 13.2. The Morgan fingerprint density at radius 3 is 2.81 bits per heavy atom. The molecule has 0 radical (unpaired) electrons. The highest BCUT2D eigenvalue weighted by Gasteiger charge is 2.30. The second kappa shape index (κ2) is 5.23. The summed E-state index contributed by atoms with van der Waals surface area (Å²) in [5.41, 5.74) is 7.85. The summed E-state index contributed by atoms with van der Waals surface area (Å²) in [6.45, 7) is 0.486. The highest BCUT2D eigenvalue weighted by Crippen LogP contribution is 2.35. The van der Waals surface area contributed by atoms with Gasteiger partial charge in [-0.15, -0.1) is 11.3 Å². The molecule has 2 heterocycles. The Labute approximate surface area is 128 Å². The van der Waals surface area contributed by atoms with Crippen LogP contribution in [0.25, 0.3) is 0 Å². The molecule has 2 N–H and O–H groups in total. The maximum atomic E-state index is 12.8. The van der Waals surface area contributed by atoms with E-state index >= 15 is 0 Å². The minimum Gasteiger partial charge on any atom is -0.497 e. The number of hydrogen-bond donors (Lipinski definition) is 1. The molecule has 0 saturated heterocycles. The minimum absolute atomic E-state index is 0.281. The molecule has 0 aliphatic carbocycles. The van der Waals surface area contributed by atoms with Gasteiger partial charge >= 0.3 is 0 Å². The zero-order chi connectivity index (χ0) is 15.0. The SMILES string of the molecule is COc1ccc2c(c1)CCCN2S(=O)(=O)c1cc(N)cs1. The maximum Gasteiger partial charge on any atom is 0.273 e. The van der Waals surface area contributed by atoms with Gasteiger partial charge < -0.3 is 10.5 Å². The maximum absolute atomic E-state index is 12.8. The van der Waals surface area contributed by atoms with E-state index < -0.39 is 10.0 Å². The summed E-state index contributed by atoms with van der Waals surface area (Å²) in [6.07, 6.45) is 1.64. The van der Waals surface area contributed by atoms with Crippen LogP contribution in [-0.2, 0) is 16.4 Å². The van der Waals surface area contributed by atoms with E-state index in [4.69, 9.17) is 10.5 Å². The third-order valence-electron chi connectivity index (χ3n) is 3.50. The highest BCUT2D eigenvalue weighted by atomic mass is 32.2. The third kappa shape index (κ3) is 2.47. The second-order valence-corrected chi connectivity index (χ2v) is 7.87. The summed E-state index contributed by atoms with van der Waals surface area (Å²) in [5.74, 6) is 0.744. The van der Waals surface area contributed by atoms with Crippen molar-refractivity contribution >= 4 is 32.7 Å². The normalized spacial score (nSPS) is 14.8. The van der Waals surface area contributed by atoms with Crippen LogP contribution in [0.4, 0.5) is 11.4 Å². The predicted octanol–water partition coefficient (Wildman–Crippen LogP) is 2.48. The number of benzene rings is 1. The summed E-state index contributed by atoms with van der Waals surface area (Å²) in [7, 11) is -1.94. The number of rotatable bonds is 3. The molecule has 21 heavy (non-hydrogen) atoms. The third-order valence-corrected chi connectivity index (χ3v) is 6.75. The van der Waals surface area contributed by atoms with Gasteiger partial charge in [-0.05, 0) is 42.7 Å². The first-order valence-corrected chi connectivity index (χ1v) is 8.88. The number of anilines is 2. The summed E-state index contributed by atoms with van der Waals surface area (Å²) < 4.78 is 32.5. The molecule has 0 fully saturated rings. The van der Waals surface area contributed by atoms with Crippen LogP contribution in [0, 0.1) is 0 Å². The fraction of sp³-hybridized carbons (Fsp3) is 0.286. The lowest BCUT2D eigenvalue weighted by atomic mass is 10.0. The van der Waals surface area contributed by atoms with Crippen molar-refractivity contribution in [3.8, 4) is 5.75 Å². The number of ether oxygens (including phenoxy) is 1. The van der Waals surface area contributed by atoms with Gasteiger partial charge in [0.2, 0.25) is 0 Å². The Morgan fingerprint density at radius 2 is 2.14 bits per heavy atom. The van der Waals surface area contributed by atoms with Gasteiger partial charge in [0.25, 0.3) is 10.0 Å². The summed E-state index contributed by atoms with van der Waals surface area (Å²) in [4.78, 5) is 0. The molecular weight excluding hydrogens is 308 g/mol. The van der Waals surface area contributed by atoms with Crippen LogP contribution in [0.2, 0.25) is 0 Å². The molecule has 2 aromatic rings. The largest absolute Gasteiger partial charge is 0.497 e. The molecule has 1 aliphatic rings. The van der Waals surface area contributed by atoms with Crippen molar-refractivity contribution in [2.75, 3.05) is 23.7 Å². The fourth-order valence-corrected chi connectivity index (χ4v) is 5.22. The van der Waals surface area contributed by atoms with Crippen LogP contribution >= 0.6 is 11.3 Å². The van der Waals surface area contributed by atoms with Crippen molar-refractivity contribution in [1.82, 2.24) is 0 Å². The van der Waals surface area contributed by atoms with Crippen LogP contribution in [0.5, 0.6) is 5.75 Å². The molecule has 0 atom stereocenters. The smallest absolute Gasteiger partial charge is 0.273 e. The van der Waals surface area contributed by atoms with E-state index in [0.29, 0.717) is 12.2 Å². The number of nitrogen functional groups attached to an aromatic ring is 1.